The summed E-state index contributed by atoms with van der Waals surface area (Å²) in [5.74, 6) is -0.349. The van der Waals surface area contributed by atoms with Crippen molar-refractivity contribution in [2.24, 2.45) is 0 Å². The number of hydrogen-bond donors (Lipinski definition) is 2. The third-order valence-corrected chi connectivity index (χ3v) is 4.73. The third kappa shape index (κ3) is 4.37. The minimum Gasteiger partial charge on any atom is -0.445 e. The number of nitrogens with zero attached hydrogens (tertiary/aromatic N) is 1. The Morgan fingerprint density at radius 1 is 1.15 bits per heavy atom. The number of alkyl carbamates (subject to hydrolysis) is 1. The van der Waals surface area contributed by atoms with E-state index in [1.165, 1.54) is 11.3 Å². The SMILES string of the molecule is Cc1cccc2sc(NC(=O)[C@H](C)NC(=O)OCc3ccccc3)nc12. The van der Waals surface area contributed by atoms with Gasteiger partial charge in [-0.2, -0.15) is 0 Å². The molecule has 6 nitrogen and oxygen atoms in total. The number of para-hydroxylation sites is 1. The average Bonchev–Trinajstić information content (AvgIpc) is 3.04. The van der Waals surface area contributed by atoms with Crippen LogP contribution in [0.1, 0.15) is 18.1 Å². The topological polar surface area (TPSA) is 80.3 Å². The lowest BCUT2D eigenvalue weighted by Gasteiger charge is -2.13. The van der Waals surface area contributed by atoms with Gasteiger partial charge in [0.1, 0.15) is 12.6 Å². The molecule has 1 heterocycles. The number of amides is 2. The molecule has 0 aliphatic carbocycles. The van der Waals surface area contributed by atoms with E-state index in [9.17, 15) is 9.59 Å². The lowest BCUT2D eigenvalue weighted by molar-refractivity contribution is -0.117. The van der Waals surface area contributed by atoms with Crippen LogP contribution in [0.2, 0.25) is 0 Å². The molecule has 3 rings (SSSR count). The van der Waals surface area contributed by atoms with Gasteiger partial charge < -0.3 is 15.4 Å². The summed E-state index contributed by atoms with van der Waals surface area (Å²) in [7, 11) is 0. The van der Waals surface area contributed by atoms with E-state index in [0.717, 1.165) is 21.3 Å². The lowest BCUT2D eigenvalue weighted by atomic mass is 10.2. The number of carbonyl (C=O) groups excluding carboxylic acids is 2. The third-order valence-electron chi connectivity index (χ3n) is 3.79. The van der Waals surface area contributed by atoms with Crippen molar-refractivity contribution in [3.63, 3.8) is 0 Å². The van der Waals surface area contributed by atoms with E-state index < -0.39 is 12.1 Å². The molecule has 2 aromatic carbocycles. The second-order valence-corrected chi connectivity index (χ2v) is 6.89. The maximum Gasteiger partial charge on any atom is 0.408 e. The normalized spacial score (nSPS) is 11.8. The molecular weight excluding hydrogens is 350 g/mol. The number of fused-ring (bicyclic) bond motifs is 1. The summed E-state index contributed by atoms with van der Waals surface area (Å²) in [5, 5.41) is 5.76. The number of hydrogen-bond acceptors (Lipinski definition) is 5. The van der Waals surface area contributed by atoms with Crippen LogP contribution in [0, 0.1) is 6.92 Å². The fourth-order valence-electron chi connectivity index (χ4n) is 2.36. The maximum absolute atomic E-state index is 12.3. The van der Waals surface area contributed by atoms with Crippen molar-refractivity contribution in [1.29, 1.82) is 0 Å². The first-order valence-electron chi connectivity index (χ1n) is 8.17. The van der Waals surface area contributed by atoms with Crippen LogP contribution in [-0.2, 0) is 16.1 Å². The van der Waals surface area contributed by atoms with Gasteiger partial charge in [-0.1, -0.05) is 53.8 Å². The van der Waals surface area contributed by atoms with Crippen molar-refractivity contribution in [2.75, 3.05) is 5.32 Å². The van der Waals surface area contributed by atoms with Crippen LogP contribution in [-0.4, -0.2) is 23.0 Å². The van der Waals surface area contributed by atoms with Crippen molar-refractivity contribution in [3.8, 4) is 0 Å². The van der Waals surface area contributed by atoms with Gasteiger partial charge in [0.15, 0.2) is 5.13 Å². The number of benzene rings is 2. The quantitative estimate of drug-likeness (QED) is 0.716. The molecule has 0 radical (unpaired) electrons. The largest absolute Gasteiger partial charge is 0.445 e. The predicted molar refractivity (Wildman–Crippen MR) is 102 cm³/mol. The van der Waals surface area contributed by atoms with Crippen LogP contribution >= 0.6 is 11.3 Å². The molecule has 3 aromatic rings. The smallest absolute Gasteiger partial charge is 0.408 e. The van der Waals surface area contributed by atoms with Crippen LogP contribution in [0.15, 0.2) is 48.5 Å². The predicted octanol–water partition coefficient (Wildman–Crippen LogP) is 3.86. The molecule has 0 fully saturated rings. The Morgan fingerprint density at radius 3 is 2.65 bits per heavy atom. The van der Waals surface area contributed by atoms with Gasteiger partial charge in [-0.15, -0.1) is 0 Å². The molecule has 0 saturated heterocycles. The van der Waals surface area contributed by atoms with Crippen molar-refractivity contribution < 1.29 is 14.3 Å². The van der Waals surface area contributed by atoms with Gasteiger partial charge in [0.2, 0.25) is 5.91 Å². The van der Waals surface area contributed by atoms with E-state index in [0.29, 0.717) is 5.13 Å². The first-order chi connectivity index (χ1) is 12.5. The van der Waals surface area contributed by atoms with Crippen molar-refractivity contribution in [1.82, 2.24) is 10.3 Å². The molecule has 0 unspecified atom stereocenters. The van der Waals surface area contributed by atoms with Gasteiger partial charge in [-0.3, -0.25) is 4.79 Å². The molecule has 26 heavy (non-hydrogen) atoms. The van der Waals surface area contributed by atoms with E-state index in [-0.39, 0.29) is 12.5 Å². The van der Waals surface area contributed by atoms with Gasteiger partial charge in [0.05, 0.1) is 10.2 Å². The average molecular weight is 369 g/mol. The Morgan fingerprint density at radius 2 is 1.92 bits per heavy atom. The molecule has 7 heteroatoms. The summed E-state index contributed by atoms with van der Waals surface area (Å²) in [5.41, 5.74) is 2.80. The molecule has 2 N–H and O–H groups in total. The molecule has 0 aliphatic heterocycles. The molecule has 1 atom stereocenters. The number of anilines is 1. The van der Waals surface area contributed by atoms with Gasteiger partial charge in [0, 0.05) is 0 Å². The molecule has 2 amide bonds. The van der Waals surface area contributed by atoms with Crippen molar-refractivity contribution in [3.05, 3.63) is 59.7 Å². The molecule has 1 aromatic heterocycles. The van der Waals surface area contributed by atoms with Crippen LogP contribution in [0.3, 0.4) is 0 Å². The number of carbonyl (C=O) groups is 2. The Bertz CT molecular complexity index is 924. The number of ether oxygens (including phenoxy) is 1. The first kappa shape index (κ1) is 17.9. The lowest BCUT2D eigenvalue weighted by Crippen LogP contribution is -2.41. The summed E-state index contributed by atoms with van der Waals surface area (Å²) in [6, 6.07) is 14.5. The zero-order valence-electron chi connectivity index (χ0n) is 14.5. The van der Waals surface area contributed by atoms with E-state index in [4.69, 9.17) is 4.74 Å². The zero-order valence-corrected chi connectivity index (χ0v) is 15.3. The minimum atomic E-state index is -0.744. The van der Waals surface area contributed by atoms with Gasteiger partial charge >= 0.3 is 6.09 Å². The fourth-order valence-corrected chi connectivity index (χ4v) is 3.31. The Balaban J connectivity index is 1.53. The molecule has 0 aliphatic rings. The standard InChI is InChI=1S/C19H19N3O3S/c1-12-7-6-10-15-16(12)21-18(26-15)22-17(23)13(2)20-19(24)25-11-14-8-4-3-5-9-14/h3-10,13H,11H2,1-2H3,(H,20,24)(H,21,22,23)/t13-/m0/s1. The summed E-state index contributed by atoms with van der Waals surface area (Å²) in [6.07, 6.45) is -0.642. The molecule has 0 saturated carbocycles. The molecular formula is C19H19N3O3S. The monoisotopic (exact) mass is 369 g/mol. The number of aromatic nitrogens is 1. The maximum atomic E-state index is 12.3. The molecule has 0 spiro atoms. The number of aryl methyl sites for hydroxylation is 1. The van der Waals surface area contributed by atoms with Gasteiger partial charge in [-0.25, -0.2) is 9.78 Å². The fraction of sp³-hybridized carbons (Fsp3) is 0.211. The van der Waals surface area contributed by atoms with Crippen molar-refractivity contribution in [2.45, 2.75) is 26.5 Å². The zero-order chi connectivity index (χ0) is 18.5. The summed E-state index contributed by atoms with van der Waals surface area (Å²) in [4.78, 5) is 28.5. The Kier molecular flexibility index (Phi) is 5.48. The summed E-state index contributed by atoms with van der Waals surface area (Å²) >= 11 is 1.40. The number of thiazole rings is 1. The minimum absolute atomic E-state index is 0.151. The van der Waals surface area contributed by atoms with E-state index >= 15 is 0 Å². The highest BCUT2D eigenvalue weighted by atomic mass is 32.1. The number of rotatable bonds is 5. The van der Waals surface area contributed by atoms with Crippen LogP contribution < -0.4 is 10.6 Å². The Labute approximate surface area is 155 Å². The summed E-state index contributed by atoms with van der Waals surface area (Å²) in [6.45, 7) is 3.72. The summed E-state index contributed by atoms with van der Waals surface area (Å²) < 4.78 is 6.12. The molecule has 134 valence electrons. The highest BCUT2D eigenvalue weighted by molar-refractivity contribution is 7.22. The number of nitrogens with one attached hydrogen (secondary N) is 2. The van der Waals surface area contributed by atoms with Crippen molar-refractivity contribution >= 4 is 38.7 Å². The highest BCUT2D eigenvalue weighted by Gasteiger charge is 2.18. The first-order valence-corrected chi connectivity index (χ1v) is 8.99. The van der Waals surface area contributed by atoms with Crippen LogP contribution in [0.25, 0.3) is 10.2 Å². The highest BCUT2D eigenvalue weighted by Crippen LogP contribution is 2.27. The second kappa shape index (κ2) is 7.97. The van der Waals surface area contributed by atoms with E-state index in [2.05, 4.69) is 15.6 Å². The second-order valence-electron chi connectivity index (χ2n) is 5.86. The molecule has 0 bridgehead atoms. The van der Waals surface area contributed by atoms with Gasteiger partial charge in [-0.05, 0) is 31.0 Å². The van der Waals surface area contributed by atoms with Crippen LogP contribution in [0.5, 0.6) is 0 Å². The van der Waals surface area contributed by atoms with E-state index in [1.807, 2.05) is 55.5 Å². The Hall–Kier alpha value is -2.93. The van der Waals surface area contributed by atoms with Gasteiger partial charge in [0.25, 0.3) is 0 Å². The van der Waals surface area contributed by atoms with E-state index in [1.54, 1.807) is 6.92 Å². The van der Waals surface area contributed by atoms with Crippen LogP contribution in [0.4, 0.5) is 9.93 Å².